The molecule has 0 aliphatic heterocycles. The molecule has 6 heteroatoms. The second-order valence-corrected chi connectivity index (χ2v) is 4.55. The number of hydrogen-bond donors (Lipinski definition) is 1. The fourth-order valence-corrected chi connectivity index (χ4v) is 2.17. The predicted octanol–water partition coefficient (Wildman–Crippen LogP) is 1.06. The number of aromatic nitrogens is 3. The molecular formula is C14H19N5O. The molecule has 0 spiro atoms. The lowest BCUT2D eigenvalue weighted by molar-refractivity contribution is 0.804. The second-order valence-electron chi connectivity index (χ2n) is 4.55. The first-order valence-electron chi connectivity index (χ1n) is 6.63. The smallest absolute Gasteiger partial charge is 0.282 e. The molecule has 2 N–H and O–H groups in total. The van der Waals surface area contributed by atoms with Gasteiger partial charge in [-0.15, -0.1) is 0 Å². The molecular weight excluding hydrogens is 254 g/mol. The average molecular weight is 273 g/mol. The van der Waals surface area contributed by atoms with Crippen LogP contribution in [0.1, 0.15) is 25.0 Å². The number of anilines is 1. The standard InChI is InChI=1S/C14H19N5O/c1-4-10-7-6-8-11(5-2)12(10)19-9-16-13(18(3)15)17-14(19)20/h6-9H,4-5,15H2,1-3H3. The topological polar surface area (TPSA) is 77.0 Å². The van der Waals surface area contributed by atoms with E-state index in [0.29, 0.717) is 0 Å². The van der Waals surface area contributed by atoms with E-state index in [1.165, 1.54) is 15.9 Å². The molecule has 0 radical (unpaired) electrons. The maximum Gasteiger partial charge on any atom is 0.356 e. The molecule has 0 unspecified atom stereocenters. The van der Waals surface area contributed by atoms with E-state index >= 15 is 0 Å². The number of hydrogen-bond acceptors (Lipinski definition) is 5. The lowest BCUT2D eigenvalue weighted by Crippen LogP contribution is -2.32. The summed E-state index contributed by atoms with van der Waals surface area (Å²) in [6.07, 6.45) is 3.17. The number of rotatable bonds is 4. The molecule has 1 aromatic heterocycles. The van der Waals surface area contributed by atoms with E-state index in [2.05, 4.69) is 23.8 Å². The fourth-order valence-electron chi connectivity index (χ4n) is 2.17. The third-order valence-electron chi connectivity index (χ3n) is 3.21. The number of aryl methyl sites for hydroxylation is 2. The van der Waals surface area contributed by atoms with Crippen LogP contribution >= 0.6 is 0 Å². The van der Waals surface area contributed by atoms with Gasteiger partial charge in [-0.2, -0.15) is 4.98 Å². The highest BCUT2D eigenvalue weighted by Gasteiger charge is 2.12. The number of hydrazine groups is 1. The molecule has 20 heavy (non-hydrogen) atoms. The zero-order valence-corrected chi connectivity index (χ0v) is 12.0. The van der Waals surface area contributed by atoms with E-state index in [1.54, 1.807) is 7.05 Å². The van der Waals surface area contributed by atoms with E-state index in [1.807, 2.05) is 18.2 Å². The third kappa shape index (κ3) is 2.55. The largest absolute Gasteiger partial charge is 0.356 e. The van der Waals surface area contributed by atoms with E-state index < -0.39 is 0 Å². The van der Waals surface area contributed by atoms with Crippen molar-refractivity contribution < 1.29 is 0 Å². The van der Waals surface area contributed by atoms with Gasteiger partial charge in [-0.25, -0.2) is 15.6 Å². The second kappa shape index (κ2) is 5.83. The molecule has 6 nitrogen and oxygen atoms in total. The fraction of sp³-hybridized carbons (Fsp3) is 0.357. The Morgan fingerprint density at radius 3 is 2.30 bits per heavy atom. The van der Waals surface area contributed by atoms with Gasteiger partial charge >= 0.3 is 5.69 Å². The van der Waals surface area contributed by atoms with Crippen molar-refractivity contribution in [2.75, 3.05) is 12.1 Å². The Morgan fingerprint density at radius 1 is 1.25 bits per heavy atom. The predicted molar refractivity (Wildman–Crippen MR) is 79.0 cm³/mol. The summed E-state index contributed by atoms with van der Waals surface area (Å²) in [5.41, 5.74) is 2.71. The molecule has 1 heterocycles. The Bertz CT molecular complexity index is 641. The van der Waals surface area contributed by atoms with Gasteiger partial charge in [0.2, 0.25) is 5.95 Å². The van der Waals surface area contributed by atoms with E-state index in [0.717, 1.165) is 29.7 Å². The van der Waals surface area contributed by atoms with Crippen LogP contribution in [0, 0.1) is 0 Å². The van der Waals surface area contributed by atoms with Gasteiger partial charge in [0.25, 0.3) is 0 Å². The third-order valence-corrected chi connectivity index (χ3v) is 3.21. The van der Waals surface area contributed by atoms with Crippen molar-refractivity contribution in [3.8, 4) is 5.69 Å². The van der Waals surface area contributed by atoms with Crippen LogP contribution in [0.2, 0.25) is 0 Å². The zero-order chi connectivity index (χ0) is 14.7. The minimum Gasteiger partial charge on any atom is -0.282 e. The molecule has 2 aromatic rings. The highest BCUT2D eigenvalue weighted by Crippen LogP contribution is 2.19. The van der Waals surface area contributed by atoms with E-state index in [9.17, 15) is 4.79 Å². The van der Waals surface area contributed by atoms with E-state index in [-0.39, 0.29) is 11.6 Å². The monoisotopic (exact) mass is 273 g/mol. The molecule has 0 amide bonds. The van der Waals surface area contributed by atoms with Gasteiger partial charge in [0.15, 0.2) is 0 Å². The van der Waals surface area contributed by atoms with Crippen LogP contribution in [0.3, 0.4) is 0 Å². The zero-order valence-electron chi connectivity index (χ0n) is 12.0. The van der Waals surface area contributed by atoms with Crippen molar-refractivity contribution in [1.82, 2.24) is 14.5 Å². The minimum atomic E-state index is -0.372. The molecule has 0 atom stereocenters. The van der Waals surface area contributed by atoms with Crippen molar-refractivity contribution in [3.05, 3.63) is 46.1 Å². The summed E-state index contributed by atoms with van der Waals surface area (Å²) in [5.74, 6) is 5.75. The average Bonchev–Trinajstić information content (AvgIpc) is 2.46. The van der Waals surface area contributed by atoms with Crippen LogP contribution < -0.4 is 16.5 Å². The highest BCUT2D eigenvalue weighted by atomic mass is 16.1. The number of benzene rings is 1. The summed E-state index contributed by atoms with van der Waals surface area (Å²) >= 11 is 0. The van der Waals surface area contributed by atoms with Crippen molar-refractivity contribution in [2.24, 2.45) is 5.84 Å². The molecule has 2 rings (SSSR count). The normalized spacial score (nSPS) is 10.6. The van der Waals surface area contributed by atoms with Crippen molar-refractivity contribution in [2.45, 2.75) is 26.7 Å². The van der Waals surface area contributed by atoms with Crippen LogP contribution in [-0.2, 0) is 12.8 Å². The SMILES string of the molecule is CCc1cccc(CC)c1-n1cnc(N(C)N)nc1=O. The molecule has 0 aliphatic rings. The van der Waals surface area contributed by atoms with Crippen LogP contribution in [0.4, 0.5) is 5.95 Å². The lowest BCUT2D eigenvalue weighted by Gasteiger charge is -2.15. The summed E-state index contributed by atoms with van der Waals surface area (Å²) in [7, 11) is 1.59. The number of nitrogens with two attached hydrogens (primary N) is 1. The first-order valence-corrected chi connectivity index (χ1v) is 6.63. The first kappa shape index (κ1) is 14.2. The quantitative estimate of drug-likeness (QED) is 0.666. The highest BCUT2D eigenvalue weighted by molar-refractivity contribution is 5.48. The molecule has 1 aromatic carbocycles. The maximum atomic E-state index is 12.2. The van der Waals surface area contributed by atoms with Gasteiger partial charge < -0.3 is 0 Å². The lowest BCUT2D eigenvalue weighted by atomic mass is 10.0. The summed E-state index contributed by atoms with van der Waals surface area (Å²) < 4.78 is 1.49. The summed E-state index contributed by atoms with van der Waals surface area (Å²) in [4.78, 5) is 20.2. The molecule has 0 fully saturated rings. The van der Waals surface area contributed by atoms with Gasteiger partial charge in [0, 0.05) is 7.05 Å². The molecule has 0 saturated heterocycles. The Labute approximate surface area is 117 Å². The molecule has 0 bridgehead atoms. The summed E-state index contributed by atoms with van der Waals surface area (Å²) in [6, 6.07) is 6.04. The van der Waals surface area contributed by atoms with Crippen molar-refractivity contribution in [1.29, 1.82) is 0 Å². The van der Waals surface area contributed by atoms with Gasteiger partial charge in [0.1, 0.15) is 6.33 Å². The Balaban J connectivity index is 2.65. The summed E-state index contributed by atoms with van der Waals surface area (Å²) in [6.45, 7) is 4.12. The number of para-hydroxylation sites is 1. The Kier molecular flexibility index (Phi) is 4.14. The van der Waals surface area contributed by atoms with Gasteiger partial charge in [-0.05, 0) is 24.0 Å². The van der Waals surface area contributed by atoms with Gasteiger partial charge in [-0.1, -0.05) is 32.0 Å². The van der Waals surface area contributed by atoms with Crippen molar-refractivity contribution >= 4 is 5.95 Å². The number of nitrogens with zero attached hydrogens (tertiary/aromatic N) is 4. The molecule has 106 valence electrons. The summed E-state index contributed by atoms with van der Waals surface area (Å²) in [5, 5.41) is 1.22. The maximum absolute atomic E-state index is 12.2. The van der Waals surface area contributed by atoms with Crippen molar-refractivity contribution in [3.63, 3.8) is 0 Å². The van der Waals surface area contributed by atoms with E-state index in [4.69, 9.17) is 5.84 Å². The van der Waals surface area contributed by atoms with Crippen LogP contribution in [0.25, 0.3) is 5.69 Å². The Hall–Kier alpha value is -2.21. The Morgan fingerprint density at radius 2 is 1.85 bits per heavy atom. The van der Waals surface area contributed by atoms with Gasteiger partial charge in [0.05, 0.1) is 5.69 Å². The minimum absolute atomic E-state index is 0.207. The van der Waals surface area contributed by atoms with Crippen LogP contribution in [0.5, 0.6) is 0 Å². The molecule has 0 saturated carbocycles. The van der Waals surface area contributed by atoms with Crippen LogP contribution in [-0.4, -0.2) is 21.6 Å². The molecule has 0 aliphatic carbocycles. The first-order chi connectivity index (χ1) is 9.58. The van der Waals surface area contributed by atoms with Crippen LogP contribution in [0.15, 0.2) is 29.3 Å². The van der Waals surface area contributed by atoms with Gasteiger partial charge in [-0.3, -0.25) is 9.58 Å².